The Bertz CT molecular complexity index is 1450. The van der Waals surface area contributed by atoms with Crippen LogP contribution in [0.1, 0.15) is 99.3 Å². The molecule has 0 aromatic heterocycles. The van der Waals surface area contributed by atoms with Crippen LogP contribution in [0.2, 0.25) is 0 Å². The number of nitrogens with zero attached hydrogens (tertiary/aromatic N) is 3. The van der Waals surface area contributed by atoms with Crippen LogP contribution >= 0.6 is 0 Å². The van der Waals surface area contributed by atoms with E-state index in [-0.39, 0.29) is 114 Å². The summed E-state index contributed by atoms with van der Waals surface area (Å²) in [5.74, 6) is -5.37. The van der Waals surface area contributed by atoms with Crippen LogP contribution in [0.25, 0.3) is 0 Å². The van der Waals surface area contributed by atoms with Crippen LogP contribution < -0.4 is 16.0 Å². The normalized spacial score (nSPS) is 24.4. The van der Waals surface area contributed by atoms with Gasteiger partial charge in [0.2, 0.25) is 17.7 Å². The van der Waals surface area contributed by atoms with Gasteiger partial charge in [-0.25, -0.2) is 14.4 Å². The number of esters is 3. The number of hydroxylamine groups is 6. The fourth-order valence-electron chi connectivity index (χ4n) is 5.50. The van der Waals surface area contributed by atoms with Gasteiger partial charge < -0.3 is 30.2 Å². The van der Waals surface area contributed by atoms with E-state index < -0.39 is 71.5 Å². The van der Waals surface area contributed by atoms with E-state index in [4.69, 9.17) is 14.2 Å². The van der Waals surface area contributed by atoms with Crippen molar-refractivity contribution in [1.29, 1.82) is 0 Å². The Morgan fingerprint density at radius 1 is 0.541 bits per heavy atom. The summed E-state index contributed by atoms with van der Waals surface area (Å²) in [4.78, 5) is 105. The molecular formula is C39H63FeN6O15+3. The van der Waals surface area contributed by atoms with Crippen LogP contribution in [0.5, 0.6) is 0 Å². The molecule has 0 aliphatic carbocycles. The number of cyclic esters (lactones) is 3. The Morgan fingerprint density at radius 2 is 0.770 bits per heavy atom. The second-order valence-electron chi connectivity index (χ2n) is 14.4. The number of amides is 6. The zero-order valence-corrected chi connectivity index (χ0v) is 36.7. The zero-order valence-electron chi connectivity index (χ0n) is 35.6. The van der Waals surface area contributed by atoms with Gasteiger partial charge in [-0.1, -0.05) is 16.7 Å². The fourth-order valence-corrected chi connectivity index (χ4v) is 5.50. The molecule has 0 spiro atoms. The van der Waals surface area contributed by atoms with Crippen molar-refractivity contribution in [2.45, 2.75) is 117 Å². The SMILES string of the molecule is CC(=O)N[C@H]1CCCN(O)C(=[OH+])/C=C(/C)CCOC(=O)[C@@H](NC(C)=O)CCCN(O)C(=[OH+])/C=C(/C)CCOC(=O)[C@@H](NC(C)=O)CCCN(O)C(=[OH+])/C=C(/C)CCOC1=O.[Fe]. The molecule has 0 aromatic carbocycles. The van der Waals surface area contributed by atoms with Gasteiger partial charge in [0.05, 0.1) is 57.7 Å². The largest absolute Gasteiger partial charge is 0.464 e. The number of carbonyl (C=O) groups is 6. The maximum atomic E-state index is 12.8. The number of hydrogen-bond donors (Lipinski definition) is 6. The second-order valence-corrected chi connectivity index (χ2v) is 14.4. The number of carbonyl (C=O) groups excluding carboxylic acids is 9. The molecule has 21 nitrogen and oxygen atoms in total. The zero-order chi connectivity index (χ0) is 45.4. The van der Waals surface area contributed by atoms with Crippen molar-refractivity contribution in [1.82, 2.24) is 31.1 Å². The smallest absolute Gasteiger partial charge is 0.440 e. The van der Waals surface area contributed by atoms with Crippen molar-refractivity contribution >= 4 is 53.4 Å². The molecule has 3 atom stereocenters. The van der Waals surface area contributed by atoms with Crippen LogP contribution in [0.3, 0.4) is 0 Å². The van der Waals surface area contributed by atoms with Gasteiger partial charge in [0.1, 0.15) is 18.1 Å². The Labute approximate surface area is 365 Å². The van der Waals surface area contributed by atoms with Crippen LogP contribution in [-0.2, 0) is 60.0 Å². The van der Waals surface area contributed by atoms with E-state index in [1.54, 1.807) is 20.8 Å². The van der Waals surface area contributed by atoms with Crippen molar-refractivity contribution in [3.63, 3.8) is 0 Å². The third kappa shape index (κ3) is 24.6. The molecule has 1 aliphatic rings. The van der Waals surface area contributed by atoms with Crippen molar-refractivity contribution in [3.8, 4) is 0 Å². The Balaban J connectivity index is 0.0000360. The molecule has 6 amide bonds. The number of hydrogen-bond acceptors (Lipinski definition) is 12. The molecule has 0 bridgehead atoms. The summed E-state index contributed by atoms with van der Waals surface area (Å²) in [5.41, 5.74) is 1.54. The van der Waals surface area contributed by atoms with Crippen LogP contribution in [0.4, 0.5) is 0 Å². The predicted octanol–water partition coefficient (Wildman–Crippen LogP) is 1.07. The molecule has 0 fully saturated rings. The van der Waals surface area contributed by atoms with Gasteiger partial charge in [-0.15, -0.1) is 0 Å². The van der Waals surface area contributed by atoms with Crippen LogP contribution in [0, 0.1) is 0 Å². The molecule has 1 heterocycles. The minimum absolute atomic E-state index is 0. The molecule has 9 N–H and O–H groups in total. The summed E-state index contributed by atoms with van der Waals surface area (Å²) in [7, 11) is 0. The molecule has 22 heteroatoms. The maximum Gasteiger partial charge on any atom is 0.440 e. The summed E-state index contributed by atoms with van der Waals surface area (Å²) >= 11 is 0. The third-order valence-electron chi connectivity index (χ3n) is 8.72. The van der Waals surface area contributed by atoms with Crippen molar-refractivity contribution in [3.05, 3.63) is 34.9 Å². The van der Waals surface area contributed by atoms with Crippen LogP contribution in [-0.4, -0.2) is 156 Å². The van der Waals surface area contributed by atoms with E-state index in [1.807, 2.05) is 0 Å². The summed E-state index contributed by atoms with van der Waals surface area (Å²) in [6.07, 6.45) is 4.66. The summed E-state index contributed by atoms with van der Waals surface area (Å²) in [6.45, 7) is 7.66. The monoisotopic (exact) mass is 911 g/mol. The molecule has 344 valence electrons. The number of nitrogens with one attached hydrogen (secondary N) is 3. The molecule has 0 saturated heterocycles. The predicted molar refractivity (Wildman–Crippen MR) is 215 cm³/mol. The van der Waals surface area contributed by atoms with E-state index in [2.05, 4.69) is 16.0 Å². The molecule has 0 saturated carbocycles. The molecule has 0 aromatic rings. The van der Waals surface area contributed by atoms with E-state index in [0.717, 1.165) is 0 Å². The maximum absolute atomic E-state index is 12.8. The first-order valence-corrected chi connectivity index (χ1v) is 19.6. The Kier molecular flexibility index (Phi) is 27.4. The number of rotatable bonds is 3. The van der Waals surface area contributed by atoms with Gasteiger partial charge in [-0.2, -0.15) is 15.2 Å². The summed E-state index contributed by atoms with van der Waals surface area (Å²) in [5, 5.41) is 40.2. The first-order valence-electron chi connectivity index (χ1n) is 19.6. The van der Waals surface area contributed by atoms with E-state index in [9.17, 15) is 58.8 Å². The Hall–Kier alpha value is -5.15. The third-order valence-corrected chi connectivity index (χ3v) is 8.72. The molecular weight excluding hydrogens is 848 g/mol. The minimum Gasteiger partial charge on any atom is -0.464 e. The number of ether oxygens (including phenoxy) is 3. The average Bonchev–Trinajstić information content (AvgIpc) is 3.15. The van der Waals surface area contributed by atoms with E-state index in [1.165, 1.54) is 39.0 Å². The quantitative estimate of drug-likeness (QED) is 0.0762. The van der Waals surface area contributed by atoms with Crippen molar-refractivity contribution in [2.75, 3.05) is 39.5 Å². The summed E-state index contributed by atoms with van der Waals surface area (Å²) < 4.78 is 16.0. The van der Waals surface area contributed by atoms with E-state index in [0.29, 0.717) is 31.9 Å². The standard InChI is InChI=1S/C39H60N6O15.Fe/c1-25-13-19-58-37(52)31(40-28(4)46)11-8-17-44(56)35(50)23-27(3)15-21-60-39(54)33(42-30(6)48)12-9-18-45(57)36(51)24-26(2)14-20-59-38(53)32(41-29(5)47)10-7-16-43(55)34(49)22-25;/h22-24,31-33,55-57H,7-21H2,1-6H3,(H,40,46)(H,41,47)(H,42,48);/p+3/b25-22-,26-24-,27-23-;/t31-,32-,33-;/m0./s1. The summed E-state index contributed by atoms with van der Waals surface area (Å²) in [6, 6.07) is -3.23. The Morgan fingerprint density at radius 3 is 0.984 bits per heavy atom. The first-order chi connectivity index (χ1) is 28.2. The topological polar surface area (TPSA) is 301 Å². The van der Waals surface area contributed by atoms with Gasteiger partial charge in [-0.05, 0) is 59.3 Å². The van der Waals surface area contributed by atoms with Gasteiger partial charge >= 0.3 is 35.6 Å². The molecule has 1 rings (SSSR count). The van der Waals surface area contributed by atoms with E-state index >= 15 is 0 Å². The average molecular weight is 912 g/mol. The molecule has 1 aliphatic heterocycles. The second kappa shape index (κ2) is 30.0. The van der Waals surface area contributed by atoms with Crippen LogP contribution in [0.15, 0.2) is 34.9 Å². The molecule has 61 heavy (non-hydrogen) atoms. The van der Waals surface area contributed by atoms with Gasteiger partial charge in [-0.3, -0.25) is 44.4 Å². The van der Waals surface area contributed by atoms with Gasteiger partial charge in [0, 0.05) is 57.1 Å². The first kappa shape index (κ1) is 55.8. The van der Waals surface area contributed by atoms with Gasteiger partial charge in [0.25, 0.3) is 0 Å². The minimum atomic E-state index is -1.08. The molecule has 0 radical (unpaired) electrons. The molecule has 0 unspecified atom stereocenters. The van der Waals surface area contributed by atoms with Crippen molar-refractivity contribution in [2.24, 2.45) is 0 Å². The van der Waals surface area contributed by atoms with Gasteiger partial charge in [0.15, 0.2) is 0 Å². The van der Waals surface area contributed by atoms with Crippen molar-refractivity contribution < 1.29 is 90.1 Å². The fraction of sp³-hybridized carbons (Fsp3) is 0.615.